The molecule has 2 saturated carbocycles. The van der Waals surface area contributed by atoms with Crippen LogP contribution in [0.15, 0.2) is 17.5 Å². The highest BCUT2D eigenvalue weighted by atomic mass is 32.1. The van der Waals surface area contributed by atoms with Crippen LogP contribution in [0.4, 0.5) is 0 Å². The highest BCUT2D eigenvalue weighted by Crippen LogP contribution is 2.49. The van der Waals surface area contributed by atoms with E-state index in [1.807, 2.05) is 11.4 Å². The molecule has 2 amide bonds. The fraction of sp³-hybridized carbons (Fsp3) is 0.625. The molecule has 0 aliphatic heterocycles. The highest BCUT2D eigenvalue weighted by Gasteiger charge is 2.42. The van der Waals surface area contributed by atoms with Gasteiger partial charge < -0.3 is 10.6 Å². The lowest BCUT2D eigenvalue weighted by Crippen LogP contribution is -2.44. The van der Waals surface area contributed by atoms with Crippen molar-refractivity contribution >= 4 is 23.2 Å². The van der Waals surface area contributed by atoms with E-state index in [0.29, 0.717) is 10.8 Å². The monoisotopic (exact) mass is 306 g/mol. The maximum Gasteiger partial charge on any atom is 0.261 e. The Morgan fingerprint density at radius 1 is 1.38 bits per heavy atom. The average Bonchev–Trinajstić information content (AvgIpc) is 3.20. The van der Waals surface area contributed by atoms with Gasteiger partial charge in [0.2, 0.25) is 5.91 Å². The zero-order chi connectivity index (χ0) is 14.8. The number of rotatable bonds is 5. The standard InChI is InChI=1S/C16H22N2O2S/c1-10(13-8-11-4-5-12(13)7-11)18-15(19)9-17-16(20)14-3-2-6-21-14/h2-3,6,10-13H,4-5,7-9H2,1H3,(H,17,20)(H,18,19). The Labute approximate surface area is 129 Å². The Morgan fingerprint density at radius 3 is 2.86 bits per heavy atom. The molecule has 114 valence electrons. The summed E-state index contributed by atoms with van der Waals surface area (Å²) in [5.41, 5.74) is 0. The normalized spacial score (nSPS) is 28.3. The van der Waals surface area contributed by atoms with Crippen LogP contribution in [-0.2, 0) is 4.79 Å². The van der Waals surface area contributed by atoms with Crippen LogP contribution in [0.25, 0.3) is 0 Å². The van der Waals surface area contributed by atoms with E-state index in [0.717, 1.165) is 11.8 Å². The molecule has 1 aromatic heterocycles. The Bertz CT molecular complexity index is 514. The number of nitrogens with one attached hydrogen (secondary N) is 2. The van der Waals surface area contributed by atoms with E-state index in [4.69, 9.17) is 0 Å². The minimum atomic E-state index is -0.173. The summed E-state index contributed by atoms with van der Waals surface area (Å²) in [7, 11) is 0. The van der Waals surface area contributed by atoms with Gasteiger partial charge >= 0.3 is 0 Å². The van der Waals surface area contributed by atoms with Crippen molar-refractivity contribution in [3.63, 3.8) is 0 Å². The molecule has 4 nitrogen and oxygen atoms in total. The van der Waals surface area contributed by atoms with E-state index >= 15 is 0 Å². The Hall–Kier alpha value is -1.36. The number of amides is 2. The molecule has 21 heavy (non-hydrogen) atoms. The topological polar surface area (TPSA) is 58.2 Å². The van der Waals surface area contributed by atoms with Crippen molar-refractivity contribution in [1.82, 2.24) is 10.6 Å². The van der Waals surface area contributed by atoms with Gasteiger partial charge in [-0.3, -0.25) is 9.59 Å². The quantitative estimate of drug-likeness (QED) is 0.878. The molecule has 2 fully saturated rings. The predicted molar refractivity (Wildman–Crippen MR) is 83.2 cm³/mol. The van der Waals surface area contributed by atoms with Gasteiger partial charge in [-0.15, -0.1) is 11.3 Å². The second-order valence-electron chi connectivity index (χ2n) is 6.35. The molecule has 0 spiro atoms. The number of carbonyl (C=O) groups is 2. The molecule has 4 unspecified atom stereocenters. The molecule has 2 aliphatic rings. The lowest BCUT2D eigenvalue weighted by molar-refractivity contribution is -0.121. The van der Waals surface area contributed by atoms with Crippen molar-refractivity contribution in [2.24, 2.45) is 17.8 Å². The zero-order valence-corrected chi connectivity index (χ0v) is 13.1. The van der Waals surface area contributed by atoms with Crippen molar-refractivity contribution < 1.29 is 9.59 Å². The van der Waals surface area contributed by atoms with E-state index < -0.39 is 0 Å². The van der Waals surface area contributed by atoms with Crippen molar-refractivity contribution in [3.8, 4) is 0 Å². The second kappa shape index (κ2) is 6.18. The van der Waals surface area contributed by atoms with Gasteiger partial charge in [-0.1, -0.05) is 12.5 Å². The van der Waals surface area contributed by atoms with E-state index in [-0.39, 0.29) is 24.4 Å². The SMILES string of the molecule is CC(NC(=O)CNC(=O)c1cccs1)C1CC2CCC1C2. The number of hydrogen-bond acceptors (Lipinski definition) is 3. The van der Waals surface area contributed by atoms with Crippen LogP contribution in [0.2, 0.25) is 0 Å². The van der Waals surface area contributed by atoms with E-state index in [9.17, 15) is 9.59 Å². The summed E-state index contributed by atoms with van der Waals surface area (Å²) in [6.45, 7) is 2.16. The van der Waals surface area contributed by atoms with Crippen LogP contribution in [0.3, 0.4) is 0 Å². The summed E-state index contributed by atoms with van der Waals surface area (Å²) >= 11 is 1.38. The fourth-order valence-corrected chi connectivity index (χ4v) is 4.61. The summed E-state index contributed by atoms with van der Waals surface area (Å²) in [5, 5.41) is 7.58. The van der Waals surface area contributed by atoms with Gasteiger partial charge in [0.05, 0.1) is 11.4 Å². The van der Waals surface area contributed by atoms with Gasteiger partial charge in [0, 0.05) is 6.04 Å². The van der Waals surface area contributed by atoms with Crippen LogP contribution in [0.5, 0.6) is 0 Å². The second-order valence-corrected chi connectivity index (χ2v) is 7.30. The zero-order valence-electron chi connectivity index (χ0n) is 12.3. The molecule has 2 N–H and O–H groups in total. The van der Waals surface area contributed by atoms with Crippen molar-refractivity contribution in [2.75, 3.05) is 6.54 Å². The summed E-state index contributed by atoms with van der Waals surface area (Å²) in [4.78, 5) is 24.4. The minimum absolute atomic E-state index is 0.0574. The van der Waals surface area contributed by atoms with E-state index in [2.05, 4.69) is 17.6 Å². The van der Waals surface area contributed by atoms with Gasteiger partial charge in [-0.05, 0) is 55.4 Å². The Balaban J connectivity index is 1.43. The molecule has 2 bridgehead atoms. The highest BCUT2D eigenvalue weighted by molar-refractivity contribution is 7.12. The Kier molecular flexibility index (Phi) is 4.29. The molecule has 3 rings (SSSR count). The van der Waals surface area contributed by atoms with Crippen LogP contribution in [0, 0.1) is 17.8 Å². The van der Waals surface area contributed by atoms with Crippen LogP contribution >= 0.6 is 11.3 Å². The van der Waals surface area contributed by atoms with E-state index in [1.54, 1.807) is 6.07 Å². The van der Waals surface area contributed by atoms with Gasteiger partial charge in [0.15, 0.2) is 0 Å². The number of fused-ring (bicyclic) bond motifs is 2. The largest absolute Gasteiger partial charge is 0.352 e. The van der Waals surface area contributed by atoms with E-state index in [1.165, 1.54) is 37.0 Å². The van der Waals surface area contributed by atoms with Crippen molar-refractivity contribution in [1.29, 1.82) is 0 Å². The number of hydrogen-bond donors (Lipinski definition) is 2. The van der Waals surface area contributed by atoms with Crippen molar-refractivity contribution in [3.05, 3.63) is 22.4 Å². The fourth-order valence-electron chi connectivity index (χ4n) is 3.97. The first-order valence-corrected chi connectivity index (χ1v) is 8.62. The number of thiophene rings is 1. The third-order valence-corrected chi connectivity index (χ3v) is 5.85. The molecule has 1 aromatic rings. The first-order chi connectivity index (χ1) is 10.1. The summed E-state index contributed by atoms with van der Waals surface area (Å²) in [6.07, 6.45) is 5.30. The first kappa shape index (κ1) is 14.6. The molecule has 0 saturated heterocycles. The third-order valence-electron chi connectivity index (χ3n) is 4.98. The Morgan fingerprint density at radius 2 is 2.24 bits per heavy atom. The first-order valence-electron chi connectivity index (χ1n) is 7.74. The third kappa shape index (κ3) is 3.28. The molecular weight excluding hydrogens is 284 g/mol. The van der Waals surface area contributed by atoms with Crippen LogP contribution in [0.1, 0.15) is 42.3 Å². The van der Waals surface area contributed by atoms with Crippen LogP contribution < -0.4 is 10.6 Å². The molecular formula is C16H22N2O2S. The van der Waals surface area contributed by atoms with Crippen LogP contribution in [-0.4, -0.2) is 24.4 Å². The molecule has 0 radical (unpaired) electrons. The average molecular weight is 306 g/mol. The molecule has 0 aromatic carbocycles. The lowest BCUT2D eigenvalue weighted by atomic mass is 9.84. The summed E-state index contributed by atoms with van der Waals surface area (Å²) in [6, 6.07) is 3.80. The summed E-state index contributed by atoms with van der Waals surface area (Å²) < 4.78 is 0. The molecule has 1 heterocycles. The lowest BCUT2D eigenvalue weighted by Gasteiger charge is -2.28. The van der Waals surface area contributed by atoms with Gasteiger partial charge in [-0.2, -0.15) is 0 Å². The van der Waals surface area contributed by atoms with Gasteiger partial charge in [0.1, 0.15) is 0 Å². The molecule has 2 aliphatic carbocycles. The molecule has 4 atom stereocenters. The predicted octanol–water partition coefficient (Wildman–Crippen LogP) is 2.42. The minimum Gasteiger partial charge on any atom is -0.352 e. The smallest absolute Gasteiger partial charge is 0.261 e. The molecule has 5 heteroatoms. The van der Waals surface area contributed by atoms with Gasteiger partial charge in [-0.25, -0.2) is 0 Å². The van der Waals surface area contributed by atoms with Crippen molar-refractivity contribution in [2.45, 2.75) is 38.6 Å². The number of carbonyl (C=O) groups excluding carboxylic acids is 2. The maximum atomic E-state index is 12.0. The van der Waals surface area contributed by atoms with Gasteiger partial charge in [0.25, 0.3) is 5.91 Å². The summed E-state index contributed by atoms with van der Waals surface area (Å²) in [5.74, 6) is 2.05. The maximum absolute atomic E-state index is 12.0.